The quantitative estimate of drug-likeness (QED) is 0.733. The highest BCUT2D eigenvalue weighted by molar-refractivity contribution is 5.93. The van der Waals surface area contributed by atoms with Crippen LogP contribution in [-0.2, 0) is 4.79 Å². The maximum absolute atomic E-state index is 11.6. The Morgan fingerprint density at radius 3 is 2.90 bits per heavy atom. The van der Waals surface area contributed by atoms with Gasteiger partial charge >= 0.3 is 0 Å². The van der Waals surface area contributed by atoms with Crippen molar-refractivity contribution in [3.05, 3.63) is 34.9 Å². The third-order valence-corrected chi connectivity index (χ3v) is 6.19. The fourth-order valence-electron chi connectivity index (χ4n) is 4.99. The summed E-state index contributed by atoms with van der Waals surface area (Å²) in [5.41, 5.74) is 4.19. The number of allylic oxidation sites excluding steroid dienone is 5. The number of ketones is 1. The SMILES string of the molecule is C[C@]12C=CC3=C4CCC(=O)C=C4CC[C@@H]3[C@H]1CC[C@@H]2O. The Bertz CT molecular complexity index is 566. The minimum atomic E-state index is -0.180. The Labute approximate surface area is 120 Å². The molecular formula is C18H22O2. The molecule has 20 heavy (non-hydrogen) atoms. The van der Waals surface area contributed by atoms with Crippen molar-refractivity contribution in [3.8, 4) is 0 Å². The van der Waals surface area contributed by atoms with Crippen LogP contribution in [0, 0.1) is 17.3 Å². The average Bonchev–Trinajstić information content (AvgIpc) is 2.74. The third-order valence-electron chi connectivity index (χ3n) is 6.19. The number of fused-ring (bicyclic) bond motifs is 4. The Morgan fingerprint density at radius 2 is 2.05 bits per heavy atom. The topological polar surface area (TPSA) is 37.3 Å². The van der Waals surface area contributed by atoms with Gasteiger partial charge in [0.1, 0.15) is 0 Å². The molecule has 2 heteroatoms. The Kier molecular flexibility index (Phi) is 2.62. The Hall–Kier alpha value is -1.15. The summed E-state index contributed by atoms with van der Waals surface area (Å²) in [5.74, 6) is 1.48. The van der Waals surface area contributed by atoms with Crippen LogP contribution in [0.3, 0.4) is 0 Å². The van der Waals surface area contributed by atoms with Crippen molar-refractivity contribution in [1.29, 1.82) is 0 Å². The van der Waals surface area contributed by atoms with Gasteiger partial charge < -0.3 is 5.11 Å². The highest BCUT2D eigenvalue weighted by Crippen LogP contribution is 2.57. The monoisotopic (exact) mass is 270 g/mol. The van der Waals surface area contributed by atoms with E-state index < -0.39 is 0 Å². The first-order chi connectivity index (χ1) is 9.59. The van der Waals surface area contributed by atoms with Gasteiger partial charge in [-0.25, -0.2) is 0 Å². The number of carbonyl (C=O) groups is 1. The second-order valence-electron chi connectivity index (χ2n) is 7.11. The van der Waals surface area contributed by atoms with Crippen molar-refractivity contribution in [1.82, 2.24) is 0 Å². The molecule has 1 N–H and O–H groups in total. The molecule has 4 atom stereocenters. The van der Waals surface area contributed by atoms with E-state index in [-0.39, 0.29) is 11.5 Å². The van der Waals surface area contributed by atoms with E-state index in [1.807, 2.05) is 6.08 Å². The molecule has 0 aromatic rings. The minimum absolute atomic E-state index is 0.0274. The highest BCUT2D eigenvalue weighted by Gasteiger charge is 2.51. The summed E-state index contributed by atoms with van der Waals surface area (Å²) in [7, 11) is 0. The first kappa shape index (κ1) is 12.6. The van der Waals surface area contributed by atoms with Gasteiger partial charge in [0.25, 0.3) is 0 Å². The summed E-state index contributed by atoms with van der Waals surface area (Å²) in [6.45, 7) is 2.23. The van der Waals surface area contributed by atoms with Crippen molar-refractivity contribution in [2.45, 2.75) is 51.6 Å². The third kappa shape index (κ3) is 1.57. The lowest BCUT2D eigenvalue weighted by Gasteiger charge is -2.44. The Balaban J connectivity index is 1.82. The number of aliphatic hydroxyl groups excluding tert-OH is 1. The lowest BCUT2D eigenvalue weighted by Crippen LogP contribution is -2.39. The largest absolute Gasteiger partial charge is 0.392 e. The van der Waals surface area contributed by atoms with E-state index in [9.17, 15) is 9.90 Å². The summed E-state index contributed by atoms with van der Waals surface area (Å²) in [6.07, 6.45) is 12.1. The van der Waals surface area contributed by atoms with Crippen molar-refractivity contribution >= 4 is 5.78 Å². The summed E-state index contributed by atoms with van der Waals surface area (Å²) in [6, 6.07) is 0. The molecule has 2 nitrogen and oxygen atoms in total. The van der Waals surface area contributed by atoms with E-state index in [1.165, 1.54) is 16.7 Å². The maximum atomic E-state index is 11.6. The molecule has 4 aliphatic carbocycles. The molecule has 1 fully saturated rings. The molecule has 106 valence electrons. The Morgan fingerprint density at radius 1 is 1.20 bits per heavy atom. The van der Waals surface area contributed by atoms with Crippen LogP contribution in [-0.4, -0.2) is 17.0 Å². The predicted molar refractivity (Wildman–Crippen MR) is 78.1 cm³/mol. The zero-order chi connectivity index (χ0) is 13.9. The van der Waals surface area contributed by atoms with Crippen molar-refractivity contribution in [3.63, 3.8) is 0 Å². The number of hydrogen-bond donors (Lipinski definition) is 1. The molecule has 0 saturated heterocycles. The van der Waals surface area contributed by atoms with E-state index in [0.717, 1.165) is 32.1 Å². The fraction of sp³-hybridized carbons (Fsp3) is 0.611. The van der Waals surface area contributed by atoms with Crippen LogP contribution in [0.25, 0.3) is 0 Å². The molecule has 0 bridgehead atoms. The van der Waals surface area contributed by atoms with E-state index >= 15 is 0 Å². The van der Waals surface area contributed by atoms with Crippen LogP contribution in [0.4, 0.5) is 0 Å². The van der Waals surface area contributed by atoms with Gasteiger partial charge in [-0.3, -0.25) is 4.79 Å². The molecule has 1 saturated carbocycles. The minimum Gasteiger partial charge on any atom is -0.392 e. The van der Waals surface area contributed by atoms with Gasteiger partial charge in [0.15, 0.2) is 5.78 Å². The van der Waals surface area contributed by atoms with E-state index in [0.29, 0.717) is 24.0 Å². The van der Waals surface area contributed by atoms with Gasteiger partial charge in [-0.15, -0.1) is 0 Å². The van der Waals surface area contributed by atoms with Gasteiger partial charge in [-0.1, -0.05) is 19.1 Å². The lowest BCUT2D eigenvalue weighted by atomic mass is 9.60. The normalized spacial score (nSPS) is 43.0. The molecule has 0 unspecified atom stereocenters. The van der Waals surface area contributed by atoms with Crippen LogP contribution in [0.2, 0.25) is 0 Å². The van der Waals surface area contributed by atoms with Crippen LogP contribution in [0.5, 0.6) is 0 Å². The summed E-state index contributed by atoms with van der Waals surface area (Å²) >= 11 is 0. The standard InChI is InChI=1S/C18H22O2/c1-18-9-8-14-13-5-3-12(19)10-11(13)2-4-15(14)16(18)6-7-17(18)20/h8-10,15-17,20H,2-7H2,1H3/t15-,16+,17-,18-/m0/s1. The van der Waals surface area contributed by atoms with Gasteiger partial charge in [0.2, 0.25) is 0 Å². The second-order valence-corrected chi connectivity index (χ2v) is 7.11. The molecule has 0 heterocycles. The predicted octanol–water partition coefficient (Wildman–Crippen LogP) is 3.33. The van der Waals surface area contributed by atoms with Gasteiger partial charge in [-0.2, -0.15) is 0 Å². The first-order valence-electron chi connectivity index (χ1n) is 7.94. The molecule has 0 radical (unpaired) electrons. The molecule has 0 aromatic heterocycles. The van der Waals surface area contributed by atoms with E-state index in [1.54, 1.807) is 0 Å². The molecule has 0 spiro atoms. The second kappa shape index (κ2) is 4.17. The smallest absolute Gasteiger partial charge is 0.156 e. The number of carbonyl (C=O) groups excluding carboxylic acids is 1. The lowest BCUT2D eigenvalue weighted by molar-refractivity contribution is -0.114. The van der Waals surface area contributed by atoms with Crippen LogP contribution in [0.1, 0.15) is 45.4 Å². The maximum Gasteiger partial charge on any atom is 0.156 e. The number of aliphatic hydroxyl groups is 1. The summed E-state index contributed by atoms with van der Waals surface area (Å²) in [4.78, 5) is 11.6. The molecule has 0 aliphatic heterocycles. The molecule has 4 aliphatic rings. The van der Waals surface area contributed by atoms with Crippen LogP contribution < -0.4 is 0 Å². The molecule has 0 aromatic carbocycles. The van der Waals surface area contributed by atoms with E-state index in [4.69, 9.17) is 0 Å². The van der Waals surface area contributed by atoms with Crippen molar-refractivity contribution in [2.24, 2.45) is 17.3 Å². The molecule has 0 amide bonds. The van der Waals surface area contributed by atoms with Gasteiger partial charge in [0, 0.05) is 11.8 Å². The number of rotatable bonds is 0. The molecular weight excluding hydrogens is 248 g/mol. The van der Waals surface area contributed by atoms with Gasteiger partial charge in [0.05, 0.1) is 6.10 Å². The van der Waals surface area contributed by atoms with Crippen molar-refractivity contribution < 1.29 is 9.90 Å². The highest BCUT2D eigenvalue weighted by atomic mass is 16.3. The fourth-order valence-corrected chi connectivity index (χ4v) is 4.99. The van der Waals surface area contributed by atoms with Crippen LogP contribution >= 0.6 is 0 Å². The number of hydrogen-bond acceptors (Lipinski definition) is 2. The van der Waals surface area contributed by atoms with Crippen LogP contribution in [0.15, 0.2) is 34.9 Å². The van der Waals surface area contributed by atoms with E-state index in [2.05, 4.69) is 19.1 Å². The zero-order valence-electron chi connectivity index (χ0n) is 12.1. The first-order valence-corrected chi connectivity index (χ1v) is 7.94. The zero-order valence-corrected chi connectivity index (χ0v) is 12.1. The summed E-state index contributed by atoms with van der Waals surface area (Å²) in [5, 5.41) is 10.3. The van der Waals surface area contributed by atoms with Gasteiger partial charge in [-0.05, 0) is 66.7 Å². The average molecular weight is 270 g/mol. The van der Waals surface area contributed by atoms with Crippen molar-refractivity contribution in [2.75, 3.05) is 0 Å². The molecule has 4 rings (SSSR count). The summed E-state index contributed by atoms with van der Waals surface area (Å²) < 4.78 is 0.